The van der Waals surface area contributed by atoms with Crippen LogP contribution >= 0.6 is 0 Å². The van der Waals surface area contributed by atoms with E-state index < -0.39 is 0 Å². The van der Waals surface area contributed by atoms with Gasteiger partial charge in [0.1, 0.15) is 0 Å². The van der Waals surface area contributed by atoms with Gasteiger partial charge in [0.05, 0.1) is 25.4 Å². The Bertz CT molecular complexity index is 178. The van der Waals surface area contributed by atoms with Crippen molar-refractivity contribution in [3.8, 4) is 0 Å². The Hall–Kier alpha value is -0.160. The molecule has 0 aromatic rings. The molecule has 0 spiro atoms. The third-order valence-corrected chi connectivity index (χ3v) is 2.86. The molecule has 1 heterocycles. The molecule has 4 nitrogen and oxygen atoms in total. The number of nitrogens with one attached hydrogen (secondary N) is 1. The Morgan fingerprint density at radius 1 is 1.50 bits per heavy atom. The van der Waals surface area contributed by atoms with Crippen LogP contribution in [0.5, 0.6) is 0 Å². The first kappa shape index (κ1) is 13.9. The molecular weight excluding hydrogens is 204 g/mol. The average molecular weight is 230 g/mol. The molecule has 0 amide bonds. The Morgan fingerprint density at radius 3 is 2.94 bits per heavy atom. The zero-order chi connectivity index (χ0) is 11.8. The summed E-state index contributed by atoms with van der Waals surface area (Å²) in [6.45, 7) is 9.66. The van der Waals surface area contributed by atoms with Crippen molar-refractivity contribution in [1.29, 1.82) is 0 Å². The largest absolute Gasteiger partial charge is 0.380 e. The zero-order valence-corrected chi connectivity index (χ0v) is 10.9. The summed E-state index contributed by atoms with van der Waals surface area (Å²) in [7, 11) is 2.14. The minimum Gasteiger partial charge on any atom is -0.380 e. The summed E-state index contributed by atoms with van der Waals surface area (Å²) in [5.74, 6) is 0. The minimum atomic E-state index is 0.260. The molecule has 0 aromatic carbocycles. The highest BCUT2D eigenvalue weighted by atomic mass is 16.5. The quantitative estimate of drug-likeness (QED) is 0.654. The van der Waals surface area contributed by atoms with E-state index in [2.05, 4.69) is 31.1 Å². The lowest BCUT2D eigenvalue weighted by molar-refractivity contribution is -0.0546. The van der Waals surface area contributed by atoms with E-state index in [0.29, 0.717) is 6.04 Å². The second-order valence-corrected chi connectivity index (χ2v) is 4.41. The van der Waals surface area contributed by atoms with Crippen LogP contribution in [0.3, 0.4) is 0 Å². The number of hydrogen-bond acceptors (Lipinski definition) is 4. The molecular formula is C12H26N2O2. The summed E-state index contributed by atoms with van der Waals surface area (Å²) in [5, 5.41) is 3.46. The number of ether oxygens (including phenoxy) is 2. The predicted molar refractivity (Wildman–Crippen MR) is 65.8 cm³/mol. The van der Waals surface area contributed by atoms with Gasteiger partial charge in [-0.3, -0.25) is 0 Å². The highest BCUT2D eigenvalue weighted by molar-refractivity contribution is 4.81. The van der Waals surface area contributed by atoms with Crippen molar-refractivity contribution in [2.45, 2.75) is 32.4 Å². The molecule has 0 aromatic heterocycles. The van der Waals surface area contributed by atoms with Gasteiger partial charge in [-0.2, -0.15) is 0 Å². The fourth-order valence-electron chi connectivity index (χ4n) is 1.97. The smallest absolute Gasteiger partial charge is 0.0877 e. The molecule has 1 rings (SSSR count). The zero-order valence-electron chi connectivity index (χ0n) is 10.9. The normalized spacial score (nSPS) is 24.6. The first-order chi connectivity index (χ1) is 7.77. The van der Waals surface area contributed by atoms with E-state index in [0.717, 1.165) is 45.9 Å². The molecule has 2 unspecified atom stereocenters. The van der Waals surface area contributed by atoms with Crippen molar-refractivity contribution in [3.63, 3.8) is 0 Å². The number of morpholine rings is 1. The molecule has 0 radical (unpaired) electrons. The number of rotatable bonds is 7. The molecule has 1 saturated heterocycles. The molecule has 96 valence electrons. The van der Waals surface area contributed by atoms with Gasteiger partial charge in [0.15, 0.2) is 0 Å². The highest BCUT2D eigenvalue weighted by Crippen LogP contribution is 2.08. The van der Waals surface area contributed by atoms with Crippen LogP contribution in [-0.4, -0.2) is 63.5 Å². The molecule has 2 atom stereocenters. The minimum absolute atomic E-state index is 0.260. The second kappa shape index (κ2) is 8.01. The first-order valence-electron chi connectivity index (χ1n) is 6.39. The second-order valence-electron chi connectivity index (χ2n) is 4.41. The van der Waals surface area contributed by atoms with Crippen LogP contribution in [0.4, 0.5) is 0 Å². The van der Waals surface area contributed by atoms with Gasteiger partial charge < -0.3 is 19.7 Å². The summed E-state index contributed by atoms with van der Waals surface area (Å²) in [6.07, 6.45) is 1.33. The Morgan fingerprint density at radius 2 is 2.31 bits per heavy atom. The molecule has 4 heteroatoms. The van der Waals surface area contributed by atoms with Crippen LogP contribution in [0.2, 0.25) is 0 Å². The van der Waals surface area contributed by atoms with Crippen molar-refractivity contribution in [1.82, 2.24) is 10.2 Å². The van der Waals surface area contributed by atoms with E-state index in [1.165, 1.54) is 0 Å². The van der Waals surface area contributed by atoms with Crippen LogP contribution in [0.1, 0.15) is 20.3 Å². The lowest BCUT2D eigenvalue weighted by atomic mass is 10.1. The topological polar surface area (TPSA) is 33.7 Å². The van der Waals surface area contributed by atoms with Gasteiger partial charge in [0.2, 0.25) is 0 Å². The standard InChI is InChI=1S/C12H26N2O2/c1-4-7-15-10-11(13-5-2)12-9-14(3)6-8-16-12/h11-13H,4-10H2,1-3H3. The van der Waals surface area contributed by atoms with Gasteiger partial charge in [0.25, 0.3) is 0 Å². The number of nitrogens with zero attached hydrogens (tertiary/aromatic N) is 1. The summed E-state index contributed by atoms with van der Waals surface area (Å²) in [4.78, 5) is 2.32. The number of likely N-dealkylation sites (N-methyl/N-ethyl adjacent to an activating group) is 2. The first-order valence-corrected chi connectivity index (χ1v) is 6.39. The molecule has 0 saturated carbocycles. The maximum Gasteiger partial charge on any atom is 0.0877 e. The fraction of sp³-hybridized carbons (Fsp3) is 1.00. The van der Waals surface area contributed by atoms with E-state index in [9.17, 15) is 0 Å². The monoisotopic (exact) mass is 230 g/mol. The van der Waals surface area contributed by atoms with Crippen molar-refractivity contribution < 1.29 is 9.47 Å². The van der Waals surface area contributed by atoms with Gasteiger partial charge in [0, 0.05) is 19.7 Å². The maximum absolute atomic E-state index is 5.81. The van der Waals surface area contributed by atoms with E-state index in [4.69, 9.17) is 9.47 Å². The van der Waals surface area contributed by atoms with Gasteiger partial charge in [-0.05, 0) is 20.0 Å². The van der Waals surface area contributed by atoms with Crippen molar-refractivity contribution >= 4 is 0 Å². The molecule has 1 aliphatic heterocycles. The van der Waals surface area contributed by atoms with Crippen LogP contribution in [0.15, 0.2) is 0 Å². The fourth-order valence-corrected chi connectivity index (χ4v) is 1.97. The molecule has 0 bridgehead atoms. The average Bonchev–Trinajstić information content (AvgIpc) is 2.28. The van der Waals surface area contributed by atoms with Crippen LogP contribution in [0, 0.1) is 0 Å². The summed E-state index contributed by atoms with van der Waals surface area (Å²) < 4.78 is 11.4. The Labute approximate surface area is 99.3 Å². The molecule has 16 heavy (non-hydrogen) atoms. The lowest BCUT2D eigenvalue weighted by Gasteiger charge is -2.35. The Balaban J connectivity index is 2.34. The van der Waals surface area contributed by atoms with Crippen molar-refractivity contribution in [3.05, 3.63) is 0 Å². The van der Waals surface area contributed by atoms with Crippen molar-refractivity contribution in [2.75, 3.05) is 46.5 Å². The molecule has 1 fully saturated rings. The summed E-state index contributed by atoms with van der Waals surface area (Å²) in [5.41, 5.74) is 0. The van der Waals surface area contributed by atoms with Crippen LogP contribution in [-0.2, 0) is 9.47 Å². The van der Waals surface area contributed by atoms with E-state index in [1.807, 2.05) is 0 Å². The lowest BCUT2D eigenvalue weighted by Crippen LogP contribution is -2.53. The Kier molecular flexibility index (Phi) is 6.96. The predicted octanol–water partition coefficient (Wildman–Crippen LogP) is 0.722. The van der Waals surface area contributed by atoms with E-state index >= 15 is 0 Å². The maximum atomic E-state index is 5.81. The third kappa shape index (κ3) is 4.78. The SMILES string of the molecule is CCCOCC(NCC)C1CN(C)CCO1. The van der Waals surface area contributed by atoms with Gasteiger partial charge >= 0.3 is 0 Å². The van der Waals surface area contributed by atoms with Crippen molar-refractivity contribution in [2.24, 2.45) is 0 Å². The molecule has 1 N–H and O–H groups in total. The van der Waals surface area contributed by atoms with Crippen LogP contribution < -0.4 is 5.32 Å². The van der Waals surface area contributed by atoms with Crippen LogP contribution in [0.25, 0.3) is 0 Å². The number of hydrogen-bond donors (Lipinski definition) is 1. The van der Waals surface area contributed by atoms with E-state index in [1.54, 1.807) is 0 Å². The highest BCUT2D eigenvalue weighted by Gasteiger charge is 2.26. The summed E-state index contributed by atoms with van der Waals surface area (Å²) >= 11 is 0. The van der Waals surface area contributed by atoms with E-state index in [-0.39, 0.29) is 6.10 Å². The molecule has 0 aliphatic carbocycles. The summed E-state index contributed by atoms with van der Waals surface area (Å²) in [6, 6.07) is 0.319. The third-order valence-electron chi connectivity index (χ3n) is 2.86. The van der Waals surface area contributed by atoms with Gasteiger partial charge in [-0.1, -0.05) is 13.8 Å². The molecule has 1 aliphatic rings. The van der Waals surface area contributed by atoms with Gasteiger partial charge in [-0.25, -0.2) is 0 Å². The van der Waals surface area contributed by atoms with Gasteiger partial charge in [-0.15, -0.1) is 0 Å².